The van der Waals surface area contributed by atoms with Crippen LogP contribution in [0.15, 0.2) is 42.5 Å². The van der Waals surface area contributed by atoms with Crippen molar-refractivity contribution in [1.29, 1.82) is 0 Å². The molecule has 2 aromatic rings. The van der Waals surface area contributed by atoms with Gasteiger partial charge in [0.05, 0.1) is 6.61 Å². The number of benzene rings is 2. The molecule has 0 spiro atoms. The van der Waals surface area contributed by atoms with Gasteiger partial charge in [-0.25, -0.2) is 0 Å². The fourth-order valence-electron chi connectivity index (χ4n) is 2.81. The van der Waals surface area contributed by atoms with Crippen molar-refractivity contribution in [3.8, 4) is 0 Å². The average Bonchev–Trinajstić information content (AvgIpc) is 2.49. The monoisotopic (exact) mass is 268 g/mol. The Morgan fingerprint density at radius 2 is 1.90 bits per heavy atom. The van der Waals surface area contributed by atoms with E-state index in [2.05, 4.69) is 38.1 Å². The third-order valence-corrected chi connectivity index (χ3v) is 4.19. The summed E-state index contributed by atoms with van der Waals surface area (Å²) >= 11 is 0. The molecule has 0 fully saturated rings. The zero-order chi connectivity index (χ0) is 14.1. The van der Waals surface area contributed by atoms with Crippen molar-refractivity contribution >= 4 is 0 Å². The Hall–Kier alpha value is -1.64. The van der Waals surface area contributed by atoms with E-state index in [1.807, 2.05) is 18.2 Å². The van der Waals surface area contributed by atoms with Crippen molar-refractivity contribution in [2.75, 3.05) is 6.61 Å². The molecular weight excluding hydrogens is 248 g/mol. The minimum Gasteiger partial charge on any atom is -0.385 e. The molecule has 2 aromatic carbocycles. The molecule has 2 atom stereocenters. The molecule has 3 rings (SSSR count). The Morgan fingerprint density at radius 1 is 1.10 bits per heavy atom. The van der Waals surface area contributed by atoms with Gasteiger partial charge in [0, 0.05) is 0 Å². The summed E-state index contributed by atoms with van der Waals surface area (Å²) in [4.78, 5) is 0. The molecule has 0 radical (unpaired) electrons. The molecule has 1 heterocycles. The van der Waals surface area contributed by atoms with Crippen molar-refractivity contribution in [1.82, 2.24) is 0 Å². The smallest absolute Gasteiger partial charge is 0.113 e. The van der Waals surface area contributed by atoms with Gasteiger partial charge in [-0.1, -0.05) is 42.5 Å². The molecule has 2 unspecified atom stereocenters. The van der Waals surface area contributed by atoms with Crippen molar-refractivity contribution in [2.45, 2.75) is 32.5 Å². The van der Waals surface area contributed by atoms with Crippen LogP contribution in [0.1, 0.15) is 40.0 Å². The van der Waals surface area contributed by atoms with E-state index in [0.717, 1.165) is 17.5 Å². The van der Waals surface area contributed by atoms with Crippen molar-refractivity contribution in [3.63, 3.8) is 0 Å². The van der Waals surface area contributed by atoms with Gasteiger partial charge in [-0.05, 0) is 48.1 Å². The van der Waals surface area contributed by atoms with Crippen LogP contribution in [0.2, 0.25) is 0 Å². The van der Waals surface area contributed by atoms with E-state index >= 15 is 0 Å². The molecule has 0 saturated heterocycles. The molecule has 1 aliphatic rings. The highest BCUT2D eigenvalue weighted by atomic mass is 16.5. The fourth-order valence-corrected chi connectivity index (χ4v) is 2.81. The molecule has 20 heavy (non-hydrogen) atoms. The molecule has 0 amide bonds. The SMILES string of the molecule is Cc1ccc(C(O)C2OCCc3ccccc32)cc1C. The van der Waals surface area contributed by atoms with Gasteiger partial charge in [0.1, 0.15) is 12.2 Å². The third-order valence-electron chi connectivity index (χ3n) is 4.19. The van der Waals surface area contributed by atoms with Gasteiger partial charge in [-0.2, -0.15) is 0 Å². The van der Waals surface area contributed by atoms with Crippen LogP contribution in [-0.2, 0) is 11.2 Å². The highest BCUT2D eigenvalue weighted by molar-refractivity contribution is 5.36. The molecule has 0 aromatic heterocycles. The Bertz CT molecular complexity index is 619. The zero-order valence-electron chi connectivity index (χ0n) is 12.0. The van der Waals surface area contributed by atoms with Gasteiger partial charge in [0.15, 0.2) is 0 Å². The number of hydrogen-bond acceptors (Lipinski definition) is 2. The van der Waals surface area contributed by atoms with E-state index in [0.29, 0.717) is 6.61 Å². The largest absolute Gasteiger partial charge is 0.385 e. The summed E-state index contributed by atoms with van der Waals surface area (Å²) in [5, 5.41) is 10.7. The van der Waals surface area contributed by atoms with Crippen LogP contribution < -0.4 is 0 Å². The first-order valence-electron chi connectivity index (χ1n) is 7.11. The molecule has 2 heteroatoms. The summed E-state index contributed by atoms with van der Waals surface area (Å²) in [6.07, 6.45) is 0.0459. The second-order valence-corrected chi connectivity index (χ2v) is 5.53. The maximum absolute atomic E-state index is 10.7. The van der Waals surface area contributed by atoms with Gasteiger partial charge in [0.25, 0.3) is 0 Å². The second kappa shape index (κ2) is 5.39. The molecular formula is C18H20O2. The lowest BCUT2D eigenvalue weighted by Crippen LogP contribution is -2.22. The highest BCUT2D eigenvalue weighted by Crippen LogP contribution is 2.37. The molecule has 1 N–H and O–H groups in total. The maximum atomic E-state index is 10.7. The number of ether oxygens (including phenoxy) is 1. The first kappa shape index (κ1) is 13.3. The summed E-state index contributed by atoms with van der Waals surface area (Å²) < 4.78 is 5.84. The van der Waals surface area contributed by atoms with Crippen LogP contribution in [0.25, 0.3) is 0 Å². The predicted molar refractivity (Wildman–Crippen MR) is 79.7 cm³/mol. The van der Waals surface area contributed by atoms with E-state index in [1.54, 1.807) is 0 Å². The van der Waals surface area contributed by atoms with E-state index < -0.39 is 6.10 Å². The summed E-state index contributed by atoms with van der Waals surface area (Å²) in [6.45, 7) is 4.82. The van der Waals surface area contributed by atoms with E-state index in [9.17, 15) is 5.11 Å². The number of hydrogen-bond donors (Lipinski definition) is 1. The van der Waals surface area contributed by atoms with E-state index in [-0.39, 0.29) is 6.10 Å². The average molecular weight is 268 g/mol. The van der Waals surface area contributed by atoms with Gasteiger partial charge >= 0.3 is 0 Å². The van der Waals surface area contributed by atoms with Crippen LogP contribution >= 0.6 is 0 Å². The summed E-state index contributed by atoms with van der Waals surface area (Å²) in [5.41, 5.74) is 5.77. The second-order valence-electron chi connectivity index (χ2n) is 5.53. The van der Waals surface area contributed by atoms with Gasteiger partial charge in [0.2, 0.25) is 0 Å². The molecule has 0 saturated carbocycles. The lowest BCUT2D eigenvalue weighted by atomic mass is 9.90. The Labute approximate surface area is 120 Å². The van der Waals surface area contributed by atoms with Crippen LogP contribution in [0.5, 0.6) is 0 Å². The number of aryl methyl sites for hydroxylation is 2. The number of fused-ring (bicyclic) bond motifs is 1. The summed E-state index contributed by atoms with van der Waals surface area (Å²) in [5.74, 6) is 0. The molecule has 0 aliphatic carbocycles. The van der Waals surface area contributed by atoms with Crippen molar-refractivity contribution < 1.29 is 9.84 Å². The third kappa shape index (κ3) is 2.37. The molecule has 2 nitrogen and oxygen atoms in total. The number of rotatable bonds is 2. The Kier molecular flexibility index (Phi) is 3.60. The normalized spacial score (nSPS) is 19.4. The van der Waals surface area contributed by atoms with Crippen LogP contribution in [0.3, 0.4) is 0 Å². The van der Waals surface area contributed by atoms with Gasteiger partial charge in [-0.15, -0.1) is 0 Å². The van der Waals surface area contributed by atoms with Crippen molar-refractivity contribution in [2.24, 2.45) is 0 Å². The van der Waals surface area contributed by atoms with Gasteiger partial charge < -0.3 is 9.84 Å². The fraction of sp³-hybridized carbons (Fsp3) is 0.333. The lowest BCUT2D eigenvalue weighted by molar-refractivity contribution is -0.0483. The molecule has 1 aliphatic heterocycles. The molecule has 104 valence electrons. The summed E-state index contributed by atoms with van der Waals surface area (Å²) in [6, 6.07) is 14.3. The maximum Gasteiger partial charge on any atom is 0.113 e. The van der Waals surface area contributed by atoms with E-state index in [4.69, 9.17) is 4.74 Å². The molecule has 0 bridgehead atoms. The predicted octanol–water partition coefficient (Wildman–Crippen LogP) is 3.65. The quantitative estimate of drug-likeness (QED) is 0.901. The van der Waals surface area contributed by atoms with Crippen LogP contribution in [0.4, 0.5) is 0 Å². The lowest BCUT2D eigenvalue weighted by Gasteiger charge is -2.30. The van der Waals surface area contributed by atoms with Crippen molar-refractivity contribution in [3.05, 3.63) is 70.3 Å². The highest BCUT2D eigenvalue weighted by Gasteiger charge is 2.28. The minimum atomic E-state index is -0.615. The number of aliphatic hydroxyl groups is 1. The standard InChI is InChI=1S/C18H20O2/c1-12-7-8-15(11-13(12)2)17(19)18-16-6-4-3-5-14(16)9-10-20-18/h3-8,11,17-19H,9-10H2,1-2H3. The van der Waals surface area contributed by atoms with E-state index in [1.165, 1.54) is 16.7 Å². The topological polar surface area (TPSA) is 29.5 Å². The Balaban J connectivity index is 1.95. The minimum absolute atomic E-state index is 0.262. The van der Waals surface area contributed by atoms with Crippen LogP contribution in [0, 0.1) is 13.8 Å². The number of aliphatic hydroxyl groups excluding tert-OH is 1. The first-order chi connectivity index (χ1) is 9.66. The summed E-state index contributed by atoms with van der Waals surface area (Å²) in [7, 11) is 0. The van der Waals surface area contributed by atoms with Gasteiger partial charge in [-0.3, -0.25) is 0 Å². The van der Waals surface area contributed by atoms with Crippen LogP contribution in [-0.4, -0.2) is 11.7 Å². The Morgan fingerprint density at radius 3 is 2.70 bits per heavy atom. The zero-order valence-corrected chi connectivity index (χ0v) is 12.0. The first-order valence-corrected chi connectivity index (χ1v) is 7.11.